The van der Waals surface area contributed by atoms with E-state index >= 15 is 0 Å². The number of esters is 1. The Morgan fingerprint density at radius 1 is 1.12 bits per heavy atom. The summed E-state index contributed by atoms with van der Waals surface area (Å²) >= 11 is 0. The zero-order valence-electron chi connectivity index (χ0n) is 10.5. The van der Waals surface area contributed by atoms with Crippen LogP contribution in [0.5, 0.6) is 0 Å². The van der Waals surface area contributed by atoms with Gasteiger partial charge in [-0.2, -0.15) is 13.2 Å². The van der Waals surface area contributed by atoms with Crippen LogP contribution in [-0.4, -0.2) is 18.8 Å². The highest BCUT2D eigenvalue weighted by Gasteiger charge is 2.45. The average molecular weight is 254 g/mol. The fraction of sp³-hybridized carbons (Fsp3) is 0.917. The van der Waals surface area contributed by atoms with Gasteiger partial charge in [0.05, 0.1) is 6.61 Å². The highest BCUT2D eigenvalue weighted by molar-refractivity contribution is 5.73. The van der Waals surface area contributed by atoms with Crippen molar-refractivity contribution in [2.45, 2.75) is 58.5 Å². The summed E-state index contributed by atoms with van der Waals surface area (Å²) in [4.78, 5) is 11.3. The molecule has 0 amide bonds. The normalized spacial score (nSPS) is 13.5. The van der Waals surface area contributed by atoms with Crippen LogP contribution >= 0.6 is 0 Å². The Morgan fingerprint density at radius 3 is 2.18 bits per heavy atom. The maximum Gasteiger partial charge on any atom is 0.402 e. The summed E-state index contributed by atoms with van der Waals surface area (Å²) in [7, 11) is 0. The first-order chi connectivity index (χ1) is 7.93. The molecule has 2 nitrogen and oxygen atoms in total. The van der Waals surface area contributed by atoms with Gasteiger partial charge in [0.2, 0.25) is 0 Å². The lowest BCUT2D eigenvalue weighted by Gasteiger charge is -2.18. The van der Waals surface area contributed by atoms with Crippen molar-refractivity contribution < 1.29 is 22.7 Å². The lowest BCUT2D eigenvalue weighted by atomic mass is 10.0. The first kappa shape index (κ1) is 16.3. The Morgan fingerprint density at radius 2 is 1.71 bits per heavy atom. The summed E-state index contributed by atoms with van der Waals surface area (Å²) in [5.41, 5.74) is 0. The summed E-state index contributed by atoms with van der Waals surface area (Å²) in [6.45, 7) is 3.87. The van der Waals surface area contributed by atoms with Crippen LogP contribution in [0.3, 0.4) is 0 Å². The summed E-state index contributed by atoms with van der Waals surface area (Å²) in [5.74, 6) is -3.08. The highest BCUT2D eigenvalue weighted by Crippen LogP contribution is 2.31. The molecule has 0 heterocycles. The molecule has 5 heteroatoms. The zero-order valence-corrected chi connectivity index (χ0v) is 10.5. The number of hydrogen-bond acceptors (Lipinski definition) is 2. The minimum Gasteiger partial charge on any atom is -0.465 e. The fourth-order valence-electron chi connectivity index (χ4n) is 1.43. The van der Waals surface area contributed by atoms with Crippen molar-refractivity contribution in [2.75, 3.05) is 6.61 Å². The smallest absolute Gasteiger partial charge is 0.402 e. The molecule has 0 aliphatic rings. The van der Waals surface area contributed by atoms with Crippen LogP contribution in [0.4, 0.5) is 13.2 Å². The van der Waals surface area contributed by atoms with Crippen LogP contribution in [-0.2, 0) is 9.53 Å². The molecule has 0 saturated heterocycles. The van der Waals surface area contributed by atoms with Crippen LogP contribution in [0.25, 0.3) is 0 Å². The molecule has 0 aromatic rings. The second-order valence-electron chi connectivity index (χ2n) is 4.11. The number of unbranched alkanes of at least 4 members (excludes halogenated alkanes) is 3. The van der Waals surface area contributed by atoms with E-state index < -0.39 is 18.1 Å². The van der Waals surface area contributed by atoms with Crippen molar-refractivity contribution >= 4 is 5.97 Å². The molecule has 0 aromatic carbocycles. The number of carbonyl (C=O) groups is 1. The number of hydrogen-bond donors (Lipinski definition) is 0. The summed E-state index contributed by atoms with van der Waals surface area (Å²) in [5, 5.41) is 0. The Hall–Kier alpha value is -0.740. The van der Waals surface area contributed by atoms with Gasteiger partial charge in [-0.1, -0.05) is 39.5 Å². The third-order valence-electron chi connectivity index (χ3n) is 2.52. The summed E-state index contributed by atoms with van der Waals surface area (Å²) < 4.78 is 42.5. The Balaban J connectivity index is 4.21. The van der Waals surface area contributed by atoms with E-state index in [0.29, 0.717) is 19.3 Å². The number of carbonyl (C=O) groups excluding carboxylic acids is 1. The quantitative estimate of drug-likeness (QED) is 0.481. The van der Waals surface area contributed by atoms with Crippen molar-refractivity contribution in [1.29, 1.82) is 0 Å². The van der Waals surface area contributed by atoms with Crippen LogP contribution in [0.2, 0.25) is 0 Å². The topological polar surface area (TPSA) is 26.3 Å². The molecule has 0 N–H and O–H groups in total. The molecule has 17 heavy (non-hydrogen) atoms. The van der Waals surface area contributed by atoms with Crippen molar-refractivity contribution in [3.8, 4) is 0 Å². The maximum atomic E-state index is 12.6. The average Bonchev–Trinajstić information content (AvgIpc) is 2.23. The zero-order chi connectivity index (χ0) is 13.3. The van der Waals surface area contributed by atoms with Gasteiger partial charge in [0, 0.05) is 0 Å². The highest BCUT2D eigenvalue weighted by atomic mass is 19.4. The van der Waals surface area contributed by atoms with Gasteiger partial charge in [-0.3, -0.25) is 4.79 Å². The van der Waals surface area contributed by atoms with Crippen molar-refractivity contribution in [1.82, 2.24) is 0 Å². The van der Waals surface area contributed by atoms with E-state index in [1.54, 1.807) is 0 Å². The number of halogens is 3. The molecule has 0 aliphatic heterocycles. The standard InChI is InChI=1S/C12H21F3O2/c1-3-5-7-8-10(12(13,14)15)11(16)17-9-6-4-2/h10H,3-9H2,1-2H3. The third kappa shape index (κ3) is 7.23. The van der Waals surface area contributed by atoms with E-state index in [1.807, 2.05) is 13.8 Å². The molecular weight excluding hydrogens is 233 g/mol. The van der Waals surface area contributed by atoms with Crippen molar-refractivity contribution in [3.05, 3.63) is 0 Å². The Labute approximate surface area is 101 Å². The third-order valence-corrected chi connectivity index (χ3v) is 2.52. The van der Waals surface area contributed by atoms with Crippen LogP contribution in [0.15, 0.2) is 0 Å². The Bertz CT molecular complexity index is 214. The molecular formula is C12H21F3O2. The first-order valence-corrected chi connectivity index (χ1v) is 6.16. The van der Waals surface area contributed by atoms with Gasteiger partial charge < -0.3 is 4.74 Å². The van der Waals surface area contributed by atoms with E-state index in [4.69, 9.17) is 0 Å². The van der Waals surface area contributed by atoms with E-state index in [1.165, 1.54) is 0 Å². The van der Waals surface area contributed by atoms with Crippen LogP contribution in [0.1, 0.15) is 52.4 Å². The van der Waals surface area contributed by atoms with E-state index in [9.17, 15) is 18.0 Å². The number of alkyl halides is 3. The van der Waals surface area contributed by atoms with Gasteiger partial charge in [-0.25, -0.2) is 0 Å². The van der Waals surface area contributed by atoms with Crippen molar-refractivity contribution in [2.24, 2.45) is 5.92 Å². The Kier molecular flexibility index (Phi) is 8.00. The molecule has 102 valence electrons. The number of ether oxygens (including phenoxy) is 1. The van der Waals surface area contributed by atoms with Crippen LogP contribution in [0, 0.1) is 5.92 Å². The van der Waals surface area contributed by atoms with Gasteiger partial charge in [-0.05, 0) is 12.8 Å². The molecule has 1 unspecified atom stereocenters. The largest absolute Gasteiger partial charge is 0.465 e. The summed E-state index contributed by atoms with van der Waals surface area (Å²) in [6, 6.07) is 0. The molecule has 1 atom stereocenters. The molecule has 0 saturated carbocycles. The van der Waals surface area contributed by atoms with Gasteiger partial charge >= 0.3 is 12.1 Å². The second-order valence-corrected chi connectivity index (χ2v) is 4.11. The second kappa shape index (κ2) is 8.37. The first-order valence-electron chi connectivity index (χ1n) is 6.16. The molecule has 0 aromatic heterocycles. The molecule has 0 spiro atoms. The molecule has 0 radical (unpaired) electrons. The molecule has 0 fully saturated rings. The van der Waals surface area contributed by atoms with Crippen LogP contribution < -0.4 is 0 Å². The minimum absolute atomic E-state index is 0.0791. The molecule has 0 rings (SSSR count). The number of rotatable bonds is 8. The van der Waals surface area contributed by atoms with Gasteiger partial charge in [0.1, 0.15) is 0 Å². The maximum absolute atomic E-state index is 12.6. The molecule has 0 bridgehead atoms. The lowest BCUT2D eigenvalue weighted by molar-refractivity contribution is -0.199. The van der Waals surface area contributed by atoms with E-state index in [-0.39, 0.29) is 13.0 Å². The molecule has 0 aliphatic carbocycles. The van der Waals surface area contributed by atoms with E-state index in [0.717, 1.165) is 12.8 Å². The van der Waals surface area contributed by atoms with Gasteiger partial charge in [-0.15, -0.1) is 0 Å². The minimum atomic E-state index is -4.49. The lowest BCUT2D eigenvalue weighted by Crippen LogP contribution is -2.32. The van der Waals surface area contributed by atoms with Crippen molar-refractivity contribution in [3.63, 3.8) is 0 Å². The van der Waals surface area contributed by atoms with E-state index in [2.05, 4.69) is 4.74 Å². The monoisotopic (exact) mass is 254 g/mol. The van der Waals surface area contributed by atoms with Gasteiger partial charge in [0.25, 0.3) is 0 Å². The predicted molar refractivity (Wildman–Crippen MR) is 59.6 cm³/mol. The van der Waals surface area contributed by atoms with Gasteiger partial charge in [0.15, 0.2) is 5.92 Å². The predicted octanol–water partition coefficient (Wildman–Crippen LogP) is 4.09. The summed E-state index contributed by atoms with van der Waals surface area (Å²) in [6.07, 6.45) is -1.32. The SMILES string of the molecule is CCCCCC(C(=O)OCCCC)C(F)(F)F. The fourth-order valence-corrected chi connectivity index (χ4v) is 1.43.